The Hall–Kier alpha value is -2.99. The zero-order valence-corrected chi connectivity index (χ0v) is 12.3. The number of benzene rings is 2. The average molecular weight is 311 g/mol. The molecule has 0 bridgehead atoms. The van der Waals surface area contributed by atoms with E-state index in [0.717, 1.165) is 0 Å². The van der Waals surface area contributed by atoms with E-state index in [0.29, 0.717) is 22.3 Å². The number of aromatic nitrogens is 1. The van der Waals surface area contributed by atoms with Gasteiger partial charge < -0.3 is 13.9 Å². The molecule has 116 valence electrons. The normalized spacial score (nSPS) is 10.7. The van der Waals surface area contributed by atoms with Crippen LogP contribution in [0.15, 0.2) is 57.7 Å². The molecule has 1 aromatic heterocycles. The van der Waals surface area contributed by atoms with Crippen molar-refractivity contribution in [3.8, 4) is 17.2 Å². The van der Waals surface area contributed by atoms with Crippen molar-refractivity contribution in [2.75, 3.05) is 13.7 Å². The zero-order chi connectivity index (χ0) is 16.2. The molecule has 0 saturated heterocycles. The highest BCUT2D eigenvalue weighted by Crippen LogP contribution is 2.22. The summed E-state index contributed by atoms with van der Waals surface area (Å²) in [7, 11) is 1.41. The number of hydrogen-bond acceptors (Lipinski definition) is 6. The van der Waals surface area contributed by atoms with E-state index < -0.39 is 5.97 Å². The standard InChI is InChI=1S/C17H13NO5/c1-21-10-15(19)22-12-8-6-11(7-9-12)17-18-16(20)13-4-2-3-5-14(13)23-17/h2-9H,10H2,1H3. The Bertz CT molecular complexity index is 899. The van der Waals surface area contributed by atoms with Crippen LogP contribution in [0.4, 0.5) is 0 Å². The van der Waals surface area contributed by atoms with Gasteiger partial charge >= 0.3 is 5.97 Å². The van der Waals surface area contributed by atoms with E-state index in [1.54, 1.807) is 48.5 Å². The van der Waals surface area contributed by atoms with E-state index in [1.807, 2.05) is 0 Å². The maximum Gasteiger partial charge on any atom is 0.337 e. The predicted molar refractivity (Wildman–Crippen MR) is 83.2 cm³/mol. The van der Waals surface area contributed by atoms with E-state index in [-0.39, 0.29) is 18.1 Å². The molecule has 0 atom stereocenters. The van der Waals surface area contributed by atoms with Gasteiger partial charge in [0.1, 0.15) is 17.9 Å². The summed E-state index contributed by atoms with van der Waals surface area (Å²) in [4.78, 5) is 27.3. The van der Waals surface area contributed by atoms with Crippen LogP contribution < -0.4 is 10.3 Å². The van der Waals surface area contributed by atoms with E-state index in [2.05, 4.69) is 9.72 Å². The van der Waals surface area contributed by atoms with Crippen molar-refractivity contribution in [2.45, 2.75) is 0 Å². The minimum Gasteiger partial charge on any atom is -0.437 e. The number of carbonyl (C=O) groups excluding carboxylic acids is 1. The van der Waals surface area contributed by atoms with Gasteiger partial charge in [0.25, 0.3) is 5.56 Å². The summed E-state index contributed by atoms with van der Waals surface area (Å²) in [6.07, 6.45) is 0. The number of rotatable bonds is 4. The molecule has 0 aliphatic carbocycles. The van der Waals surface area contributed by atoms with Crippen LogP contribution in [0, 0.1) is 0 Å². The first-order valence-electron chi connectivity index (χ1n) is 6.87. The number of para-hydroxylation sites is 1. The minimum absolute atomic E-state index is 0.122. The number of carbonyl (C=O) groups is 1. The Morgan fingerprint density at radius 1 is 1.13 bits per heavy atom. The summed E-state index contributed by atoms with van der Waals surface area (Å²) in [6.45, 7) is -0.122. The molecule has 0 aliphatic rings. The fourth-order valence-electron chi connectivity index (χ4n) is 2.08. The predicted octanol–water partition coefficient (Wildman–Crippen LogP) is 2.41. The van der Waals surface area contributed by atoms with Gasteiger partial charge in [-0.05, 0) is 36.4 Å². The third kappa shape index (κ3) is 3.27. The molecule has 0 spiro atoms. The van der Waals surface area contributed by atoms with Crippen molar-refractivity contribution in [1.82, 2.24) is 4.98 Å². The van der Waals surface area contributed by atoms with E-state index in [4.69, 9.17) is 9.15 Å². The quantitative estimate of drug-likeness (QED) is 0.544. The Morgan fingerprint density at radius 2 is 1.87 bits per heavy atom. The topological polar surface area (TPSA) is 78.6 Å². The Morgan fingerprint density at radius 3 is 2.61 bits per heavy atom. The largest absolute Gasteiger partial charge is 0.437 e. The second-order valence-corrected chi connectivity index (χ2v) is 4.75. The van der Waals surface area contributed by atoms with Gasteiger partial charge in [0.15, 0.2) is 0 Å². The first-order chi connectivity index (χ1) is 11.2. The van der Waals surface area contributed by atoms with Gasteiger partial charge in [-0.3, -0.25) is 4.79 Å². The number of nitrogens with zero attached hydrogens (tertiary/aromatic N) is 1. The minimum atomic E-state index is -0.490. The molecule has 0 fully saturated rings. The van der Waals surface area contributed by atoms with Crippen LogP contribution in [0.2, 0.25) is 0 Å². The van der Waals surface area contributed by atoms with Crippen molar-refractivity contribution in [3.05, 3.63) is 58.9 Å². The monoisotopic (exact) mass is 311 g/mol. The van der Waals surface area contributed by atoms with Crippen LogP contribution in [0.5, 0.6) is 5.75 Å². The lowest BCUT2D eigenvalue weighted by atomic mass is 10.2. The van der Waals surface area contributed by atoms with Gasteiger partial charge in [-0.15, -0.1) is 0 Å². The van der Waals surface area contributed by atoms with Gasteiger partial charge in [0.05, 0.1) is 5.39 Å². The molecule has 0 unspecified atom stereocenters. The number of hydrogen-bond donors (Lipinski definition) is 0. The Kier molecular flexibility index (Phi) is 4.16. The van der Waals surface area contributed by atoms with Crippen LogP contribution in [0.3, 0.4) is 0 Å². The summed E-state index contributed by atoms with van der Waals surface area (Å²) in [5.41, 5.74) is 0.731. The van der Waals surface area contributed by atoms with Crippen LogP contribution in [-0.4, -0.2) is 24.7 Å². The van der Waals surface area contributed by atoms with Gasteiger partial charge in [-0.25, -0.2) is 4.79 Å². The maximum atomic E-state index is 12.0. The van der Waals surface area contributed by atoms with Crippen molar-refractivity contribution in [3.63, 3.8) is 0 Å². The molecule has 2 aromatic carbocycles. The van der Waals surface area contributed by atoms with Gasteiger partial charge in [-0.2, -0.15) is 4.98 Å². The van der Waals surface area contributed by atoms with Gasteiger partial charge in [-0.1, -0.05) is 12.1 Å². The molecule has 0 N–H and O–H groups in total. The van der Waals surface area contributed by atoms with Gasteiger partial charge in [0.2, 0.25) is 5.89 Å². The fourth-order valence-corrected chi connectivity index (χ4v) is 2.08. The first-order valence-corrected chi connectivity index (χ1v) is 6.87. The van der Waals surface area contributed by atoms with E-state index in [9.17, 15) is 9.59 Å². The average Bonchev–Trinajstić information content (AvgIpc) is 2.56. The van der Waals surface area contributed by atoms with Gasteiger partial charge in [0, 0.05) is 12.7 Å². The molecule has 3 aromatic rings. The summed E-state index contributed by atoms with van der Waals surface area (Å²) < 4.78 is 15.4. The first kappa shape index (κ1) is 14.9. The summed E-state index contributed by atoms with van der Waals surface area (Å²) in [5.74, 6) is 0.0954. The van der Waals surface area contributed by atoms with Crippen molar-refractivity contribution >= 4 is 16.9 Å². The smallest absolute Gasteiger partial charge is 0.337 e. The summed E-state index contributed by atoms with van der Waals surface area (Å²) in [5, 5.41) is 0.432. The lowest BCUT2D eigenvalue weighted by Crippen LogP contribution is -2.14. The lowest BCUT2D eigenvalue weighted by molar-refractivity contribution is -0.138. The molecule has 3 rings (SSSR count). The molecule has 0 aliphatic heterocycles. The third-order valence-electron chi connectivity index (χ3n) is 3.12. The fraction of sp³-hybridized carbons (Fsp3) is 0.118. The van der Waals surface area contributed by atoms with Crippen LogP contribution in [-0.2, 0) is 9.53 Å². The highest BCUT2D eigenvalue weighted by Gasteiger charge is 2.09. The Balaban J connectivity index is 1.90. The number of methoxy groups -OCH3 is 1. The van der Waals surface area contributed by atoms with Crippen LogP contribution in [0.1, 0.15) is 0 Å². The molecule has 0 radical (unpaired) electrons. The summed E-state index contributed by atoms with van der Waals surface area (Å²) in [6, 6.07) is 13.4. The van der Waals surface area contributed by atoms with Crippen LogP contribution >= 0.6 is 0 Å². The number of fused-ring (bicyclic) bond motifs is 1. The van der Waals surface area contributed by atoms with Crippen LogP contribution in [0.25, 0.3) is 22.4 Å². The van der Waals surface area contributed by atoms with Crippen molar-refractivity contribution in [1.29, 1.82) is 0 Å². The molecule has 0 amide bonds. The highest BCUT2D eigenvalue weighted by atomic mass is 16.6. The SMILES string of the molecule is COCC(=O)Oc1ccc(-c2nc(=O)c3ccccc3o2)cc1. The van der Waals surface area contributed by atoms with E-state index in [1.165, 1.54) is 7.11 Å². The maximum absolute atomic E-state index is 12.0. The lowest BCUT2D eigenvalue weighted by Gasteiger charge is -2.05. The molecule has 23 heavy (non-hydrogen) atoms. The molecule has 1 heterocycles. The van der Waals surface area contributed by atoms with Crippen molar-refractivity contribution in [2.24, 2.45) is 0 Å². The Labute approximate surface area is 131 Å². The van der Waals surface area contributed by atoms with Crippen molar-refractivity contribution < 1.29 is 18.7 Å². The molecular weight excluding hydrogens is 298 g/mol. The number of esters is 1. The summed E-state index contributed by atoms with van der Waals surface area (Å²) >= 11 is 0. The van der Waals surface area contributed by atoms with E-state index >= 15 is 0 Å². The molecule has 0 saturated carbocycles. The molecule has 6 nitrogen and oxygen atoms in total. The molecular formula is C17H13NO5. The molecule has 6 heteroatoms. The second-order valence-electron chi connectivity index (χ2n) is 4.75. The third-order valence-corrected chi connectivity index (χ3v) is 3.12. The zero-order valence-electron chi connectivity index (χ0n) is 12.3. The number of ether oxygens (including phenoxy) is 2. The second kappa shape index (κ2) is 6.41. The highest BCUT2D eigenvalue weighted by molar-refractivity contribution is 5.77.